The van der Waals surface area contributed by atoms with Crippen LogP contribution in [0.1, 0.15) is 21.5 Å². The molecule has 2 aromatic rings. The molecule has 2 rings (SSSR count). The fourth-order valence-corrected chi connectivity index (χ4v) is 1.76. The number of carboxylic acids is 1. The zero-order valence-corrected chi connectivity index (χ0v) is 10.5. The molecular weight excluding hydrogens is 263 g/mol. The molecule has 4 nitrogen and oxygen atoms in total. The van der Waals surface area contributed by atoms with E-state index in [1.54, 1.807) is 24.3 Å². The van der Waals surface area contributed by atoms with Crippen LogP contribution in [0.25, 0.3) is 0 Å². The first-order chi connectivity index (χ1) is 9.58. The Kier molecular flexibility index (Phi) is 4.32. The zero-order chi connectivity index (χ0) is 14.5. The molecule has 2 N–H and O–H groups in total. The van der Waals surface area contributed by atoms with Crippen LogP contribution in [0.4, 0.5) is 4.39 Å². The van der Waals surface area contributed by atoms with E-state index < -0.39 is 11.8 Å². The predicted molar refractivity (Wildman–Crippen MR) is 70.1 cm³/mol. The van der Waals surface area contributed by atoms with Crippen molar-refractivity contribution in [2.45, 2.75) is 13.2 Å². The third-order valence-electron chi connectivity index (χ3n) is 2.69. The summed E-state index contributed by atoms with van der Waals surface area (Å²) in [5.41, 5.74) is 1.01. The van der Waals surface area contributed by atoms with Crippen LogP contribution in [0.5, 0.6) is 5.75 Å². The van der Waals surface area contributed by atoms with Gasteiger partial charge in [0.2, 0.25) is 0 Å². The van der Waals surface area contributed by atoms with Crippen molar-refractivity contribution in [2.75, 3.05) is 0 Å². The van der Waals surface area contributed by atoms with Gasteiger partial charge in [-0.3, -0.25) is 0 Å². The lowest BCUT2D eigenvalue weighted by molar-refractivity contribution is 0.0696. The molecule has 0 atom stereocenters. The number of benzene rings is 2. The minimum absolute atomic E-state index is 0.0485. The van der Waals surface area contributed by atoms with Crippen molar-refractivity contribution in [2.24, 2.45) is 0 Å². The Morgan fingerprint density at radius 1 is 1.15 bits per heavy atom. The summed E-state index contributed by atoms with van der Waals surface area (Å²) in [4.78, 5) is 10.8. The summed E-state index contributed by atoms with van der Waals surface area (Å²) in [5.74, 6) is -1.28. The standard InChI is InChI=1S/C15H13FO4/c16-13-5-11(4-12(7-13)15(18)19)9-20-14-3-1-2-10(6-14)8-17/h1-7,17H,8-9H2,(H,18,19). The Hall–Kier alpha value is -2.40. The lowest BCUT2D eigenvalue weighted by Gasteiger charge is -2.08. The van der Waals surface area contributed by atoms with Gasteiger partial charge in [0.1, 0.15) is 18.2 Å². The van der Waals surface area contributed by atoms with E-state index in [4.69, 9.17) is 14.9 Å². The van der Waals surface area contributed by atoms with Crippen LogP contribution < -0.4 is 4.74 Å². The number of aliphatic hydroxyl groups is 1. The van der Waals surface area contributed by atoms with Gasteiger partial charge >= 0.3 is 5.97 Å². The number of ether oxygens (including phenoxy) is 1. The van der Waals surface area contributed by atoms with Crippen LogP contribution in [0.3, 0.4) is 0 Å². The van der Waals surface area contributed by atoms with Gasteiger partial charge in [-0.25, -0.2) is 9.18 Å². The molecule has 0 spiro atoms. The molecule has 0 aliphatic heterocycles. The van der Waals surface area contributed by atoms with Crippen LogP contribution in [-0.2, 0) is 13.2 Å². The summed E-state index contributed by atoms with van der Waals surface area (Å²) in [7, 11) is 0. The molecule has 0 amide bonds. The van der Waals surface area contributed by atoms with Crippen molar-refractivity contribution >= 4 is 5.97 Å². The smallest absolute Gasteiger partial charge is 0.335 e. The first kappa shape index (κ1) is 14.0. The maximum absolute atomic E-state index is 13.3. The molecule has 0 radical (unpaired) electrons. The molecule has 0 saturated heterocycles. The van der Waals surface area contributed by atoms with Gasteiger partial charge in [0.25, 0.3) is 0 Å². The maximum Gasteiger partial charge on any atom is 0.335 e. The topological polar surface area (TPSA) is 66.8 Å². The fraction of sp³-hybridized carbons (Fsp3) is 0.133. The number of hydrogen-bond acceptors (Lipinski definition) is 3. The minimum atomic E-state index is -1.19. The van der Waals surface area contributed by atoms with Gasteiger partial charge in [0, 0.05) is 0 Å². The van der Waals surface area contributed by atoms with Gasteiger partial charge < -0.3 is 14.9 Å². The molecule has 0 bridgehead atoms. The van der Waals surface area contributed by atoms with Crippen LogP contribution in [0, 0.1) is 5.82 Å². The van der Waals surface area contributed by atoms with Gasteiger partial charge in [-0.05, 0) is 41.5 Å². The number of rotatable bonds is 5. The van der Waals surface area contributed by atoms with E-state index in [1.165, 1.54) is 12.1 Å². The molecule has 2 aromatic carbocycles. The lowest BCUT2D eigenvalue weighted by atomic mass is 10.1. The molecule has 0 aromatic heterocycles. The normalized spacial score (nSPS) is 10.3. The SMILES string of the molecule is O=C(O)c1cc(F)cc(COc2cccc(CO)c2)c1. The first-order valence-corrected chi connectivity index (χ1v) is 5.94. The third-order valence-corrected chi connectivity index (χ3v) is 2.69. The number of carboxylic acid groups (broad SMARTS) is 1. The van der Waals surface area contributed by atoms with Crippen LogP contribution in [-0.4, -0.2) is 16.2 Å². The van der Waals surface area contributed by atoms with E-state index in [-0.39, 0.29) is 18.8 Å². The summed E-state index contributed by atoms with van der Waals surface area (Å²) < 4.78 is 18.7. The second-order valence-corrected chi connectivity index (χ2v) is 4.25. The first-order valence-electron chi connectivity index (χ1n) is 5.94. The largest absolute Gasteiger partial charge is 0.489 e. The Balaban J connectivity index is 2.12. The van der Waals surface area contributed by atoms with Crippen molar-refractivity contribution in [1.82, 2.24) is 0 Å². The van der Waals surface area contributed by atoms with Crippen molar-refractivity contribution in [3.05, 3.63) is 65.0 Å². The van der Waals surface area contributed by atoms with Gasteiger partial charge in [-0.1, -0.05) is 12.1 Å². The van der Waals surface area contributed by atoms with E-state index >= 15 is 0 Å². The number of aliphatic hydroxyl groups excluding tert-OH is 1. The van der Waals surface area contributed by atoms with Gasteiger partial charge in [0.05, 0.1) is 12.2 Å². The minimum Gasteiger partial charge on any atom is -0.489 e. The second-order valence-electron chi connectivity index (χ2n) is 4.25. The van der Waals surface area contributed by atoms with Crippen molar-refractivity contribution < 1.29 is 24.1 Å². The molecule has 0 heterocycles. The number of aromatic carboxylic acids is 1. The van der Waals surface area contributed by atoms with Gasteiger partial charge in [-0.15, -0.1) is 0 Å². The van der Waals surface area contributed by atoms with E-state index in [2.05, 4.69) is 0 Å². The summed E-state index contributed by atoms with van der Waals surface area (Å²) >= 11 is 0. The Morgan fingerprint density at radius 2 is 1.95 bits per heavy atom. The van der Waals surface area contributed by atoms with E-state index in [0.29, 0.717) is 16.9 Å². The number of hydrogen-bond donors (Lipinski definition) is 2. The van der Waals surface area contributed by atoms with E-state index in [9.17, 15) is 9.18 Å². The van der Waals surface area contributed by atoms with Crippen molar-refractivity contribution in [3.63, 3.8) is 0 Å². The van der Waals surface area contributed by atoms with Gasteiger partial charge in [0.15, 0.2) is 0 Å². The van der Waals surface area contributed by atoms with Gasteiger partial charge in [-0.2, -0.15) is 0 Å². The highest BCUT2D eigenvalue weighted by atomic mass is 19.1. The monoisotopic (exact) mass is 276 g/mol. The molecule has 0 fully saturated rings. The van der Waals surface area contributed by atoms with Crippen LogP contribution in [0.15, 0.2) is 42.5 Å². The molecule has 104 valence electrons. The second kappa shape index (κ2) is 6.16. The van der Waals surface area contributed by atoms with Crippen molar-refractivity contribution in [1.29, 1.82) is 0 Å². The molecular formula is C15H13FO4. The maximum atomic E-state index is 13.3. The Labute approximate surface area is 115 Å². The summed E-state index contributed by atoms with van der Waals surface area (Å²) in [5, 5.41) is 17.9. The summed E-state index contributed by atoms with van der Waals surface area (Å²) in [6.45, 7) is -0.0484. The Morgan fingerprint density at radius 3 is 2.65 bits per heavy atom. The average Bonchev–Trinajstić information content (AvgIpc) is 2.44. The summed E-state index contributed by atoms with van der Waals surface area (Å²) in [6, 6.07) is 10.4. The highest BCUT2D eigenvalue weighted by Crippen LogP contribution is 2.16. The number of halogens is 1. The molecule has 20 heavy (non-hydrogen) atoms. The van der Waals surface area contributed by atoms with E-state index in [0.717, 1.165) is 6.07 Å². The highest BCUT2D eigenvalue weighted by Gasteiger charge is 2.07. The average molecular weight is 276 g/mol. The molecule has 0 saturated carbocycles. The third kappa shape index (κ3) is 3.55. The number of carbonyl (C=O) groups is 1. The summed E-state index contributed by atoms with van der Waals surface area (Å²) in [6.07, 6.45) is 0. The molecule has 0 unspecified atom stereocenters. The van der Waals surface area contributed by atoms with Crippen LogP contribution in [0.2, 0.25) is 0 Å². The highest BCUT2D eigenvalue weighted by molar-refractivity contribution is 5.87. The quantitative estimate of drug-likeness (QED) is 0.881. The zero-order valence-electron chi connectivity index (χ0n) is 10.5. The Bertz CT molecular complexity index is 625. The molecule has 5 heteroatoms. The molecule has 0 aliphatic carbocycles. The van der Waals surface area contributed by atoms with Crippen molar-refractivity contribution in [3.8, 4) is 5.75 Å². The van der Waals surface area contributed by atoms with E-state index in [1.807, 2.05) is 0 Å². The fourth-order valence-electron chi connectivity index (χ4n) is 1.76. The predicted octanol–water partition coefficient (Wildman–Crippen LogP) is 2.60. The van der Waals surface area contributed by atoms with Crippen LogP contribution >= 0.6 is 0 Å². The lowest BCUT2D eigenvalue weighted by Crippen LogP contribution is -2.02. The molecule has 0 aliphatic rings.